The summed E-state index contributed by atoms with van der Waals surface area (Å²) >= 11 is 0. The molecular weight excluding hydrogens is 282 g/mol. The molecule has 0 fully saturated rings. The van der Waals surface area contributed by atoms with E-state index in [1.54, 1.807) is 6.19 Å². The van der Waals surface area contributed by atoms with Gasteiger partial charge in [0, 0.05) is 7.05 Å². The Kier molecular flexibility index (Phi) is 6.90. The van der Waals surface area contributed by atoms with Gasteiger partial charge in [-0.25, -0.2) is 4.79 Å². The van der Waals surface area contributed by atoms with Crippen molar-refractivity contribution in [2.75, 3.05) is 7.05 Å². The summed E-state index contributed by atoms with van der Waals surface area (Å²) in [6, 6.07) is 8.49. The largest absolute Gasteiger partial charge is 0.445 e. The number of benzene rings is 1. The Balaban J connectivity index is 2.59. The van der Waals surface area contributed by atoms with E-state index in [9.17, 15) is 9.59 Å². The number of ether oxygens (including phenoxy) is 1. The Morgan fingerprint density at radius 1 is 1.32 bits per heavy atom. The molecule has 6 nitrogen and oxygen atoms in total. The highest BCUT2D eigenvalue weighted by Crippen LogP contribution is 2.08. The lowest BCUT2D eigenvalue weighted by molar-refractivity contribution is -0.129. The molecule has 0 saturated carbocycles. The quantitative estimate of drug-likeness (QED) is 0.645. The molecule has 0 aliphatic heterocycles. The van der Waals surface area contributed by atoms with Crippen LogP contribution < -0.4 is 5.32 Å². The maximum atomic E-state index is 12.1. The highest BCUT2D eigenvalue weighted by atomic mass is 16.5. The average Bonchev–Trinajstić information content (AvgIpc) is 2.51. The second-order valence-corrected chi connectivity index (χ2v) is 5.39. The van der Waals surface area contributed by atoms with Crippen molar-refractivity contribution in [3.05, 3.63) is 35.9 Å². The van der Waals surface area contributed by atoms with Gasteiger partial charge in [-0.3, -0.25) is 9.69 Å². The van der Waals surface area contributed by atoms with Gasteiger partial charge in [-0.15, -0.1) is 0 Å². The van der Waals surface area contributed by atoms with Crippen molar-refractivity contribution in [1.82, 2.24) is 10.2 Å². The molecule has 118 valence electrons. The predicted molar refractivity (Wildman–Crippen MR) is 81.4 cm³/mol. The minimum atomic E-state index is -0.770. The van der Waals surface area contributed by atoms with E-state index >= 15 is 0 Å². The lowest BCUT2D eigenvalue weighted by Crippen LogP contribution is -2.46. The Morgan fingerprint density at radius 3 is 2.50 bits per heavy atom. The second-order valence-electron chi connectivity index (χ2n) is 5.39. The van der Waals surface area contributed by atoms with Gasteiger partial charge in [0.15, 0.2) is 6.19 Å². The monoisotopic (exact) mass is 303 g/mol. The number of hydrogen-bond donors (Lipinski definition) is 1. The van der Waals surface area contributed by atoms with E-state index in [0.29, 0.717) is 6.42 Å². The van der Waals surface area contributed by atoms with Crippen molar-refractivity contribution in [3.63, 3.8) is 0 Å². The first-order chi connectivity index (χ1) is 10.4. The van der Waals surface area contributed by atoms with Crippen molar-refractivity contribution in [1.29, 1.82) is 5.26 Å². The van der Waals surface area contributed by atoms with Crippen LogP contribution in [0.25, 0.3) is 0 Å². The summed E-state index contributed by atoms with van der Waals surface area (Å²) in [7, 11) is 1.37. The van der Waals surface area contributed by atoms with E-state index < -0.39 is 18.0 Å². The third-order valence-electron chi connectivity index (χ3n) is 2.99. The van der Waals surface area contributed by atoms with Gasteiger partial charge in [-0.1, -0.05) is 44.2 Å². The van der Waals surface area contributed by atoms with Gasteiger partial charge in [-0.2, -0.15) is 5.26 Å². The first-order valence-corrected chi connectivity index (χ1v) is 7.08. The van der Waals surface area contributed by atoms with Crippen LogP contribution in [0.4, 0.5) is 4.79 Å². The number of likely N-dealkylation sites (N-methyl/N-ethyl adjacent to an activating group) is 1. The average molecular weight is 303 g/mol. The number of amides is 2. The van der Waals surface area contributed by atoms with Crippen molar-refractivity contribution in [2.24, 2.45) is 5.92 Å². The standard InChI is InChI=1S/C16H21N3O3/c1-12(2)9-14(15(20)19(3)11-17)18-16(21)22-10-13-7-5-4-6-8-13/h4-8,12,14H,9-10H2,1-3H3,(H,18,21)/t14-/m0/s1. The van der Waals surface area contributed by atoms with Gasteiger partial charge in [0.2, 0.25) is 0 Å². The molecule has 6 heteroatoms. The number of nitrogens with zero attached hydrogens (tertiary/aromatic N) is 2. The molecule has 0 aromatic heterocycles. The first-order valence-electron chi connectivity index (χ1n) is 7.08. The summed E-state index contributed by atoms with van der Waals surface area (Å²) in [6.45, 7) is 4.00. The van der Waals surface area contributed by atoms with Gasteiger partial charge in [0.25, 0.3) is 5.91 Å². The van der Waals surface area contributed by atoms with E-state index in [4.69, 9.17) is 10.00 Å². The van der Waals surface area contributed by atoms with Crippen molar-refractivity contribution in [2.45, 2.75) is 32.9 Å². The van der Waals surface area contributed by atoms with Crippen LogP contribution in [0.15, 0.2) is 30.3 Å². The first kappa shape index (κ1) is 17.5. The van der Waals surface area contributed by atoms with Crippen LogP contribution in [0, 0.1) is 17.4 Å². The fraction of sp³-hybridized carbons (Fsp3) is 0.438. The number of nitrogens with one attached hydrogen (secondary N) is 1. The van der Waals surface area contributed by atoms with E-state index in [-0.39, 0.29) is 12.5 Å². The Labute approximate surface area is 130 Å². The molecule has 1 rings (SSSR count). The van der Waals surface area contributed by atoms with Crippen LogP contribution >= 0.6 is 0 Å². The summed E-state index contributed by atoms with van der Waals surface area (Å²) in [6.07, 6.45) is 1.50. The number of hydrogen-bond acceptors (Lipinski definition) is 4. The van der Waals surface area contributed by atoms with Crippen LogP contribution in [-0.4, -0.2) is 30.0 Å². The molecule has 0 bridgehead atoms. The zero-order valence-corrected chi connectivity index (χ0v) is 13.1. The fourth-order valence-corrected chi connectivity index (χ4v) is 1.88. The molecular formula is C16H21N3O3. The summed E-state index contributed by atoms with van der Waals surface area (Å²) in [5.74, 6) is -0.261. The Morgan fingerprint density at radius 2 is 1.95 bits per heavy atom. The molecule has 0 heterocycles. The number of rotatable bonds is 6. The molecule has 0 aliphatic carbocycles. The minimum absolute atomic E-state index is 0.128. The number of nitriles is 1. The molecule has 2 amide bonds. The molecule has 1 aromatic rings. The Bertz CT molecular complexity index is 537. The summed E-state index contributed by atoms with van der Waals surface area (Å²) in [5, 5.41) is 11.3. The number of carbonyl (C=O) groups excluding carboxylic acids is 2. The molecule has 1 aromatic carbocycles. The van der Waals surface area contributed by atoms with E-state index in [1.807, 2.05) is 44.2 Å². The van der Waals surface area contributed by atoms with Crippen molar-refractivity contribution in [3.8, 4) is 6.19 Å². The number of carbonyl (C=O) groups is 2. The normalized spacial score (nSPS) is 11.4. The van der Waals surface area contributed by atoms with Gasteiger partial charge in [0.05, 0.1) is 0 Å². The predicted octanol–water partition coefficient (Wildman–Crippen LogP) is 2.27. The molecule has 0 aliphatic rings. The fourth-order valence-electron chi connectivity index (χ4n) is 1.88. The molecule has 0 spiro atoms. The minimum Gasteiger partial charge on any atom is -0.445 e. The lowest BCUT2D eigenvalue weighted by atomic mass is 10.0. The molecule has 22 heavy (non-hydrogen) atoms. The highest BCUT2D eigenvalue weighted by molar-refractivity contribution is 5.86. The van der Waals surface area contributed by atoms with Crippen LogP contribution in [0.3, 0.4) is 0 Å². The smallest absolute Gasteiger partial charge is 0.408 e. The molecule has 1 N–H and O–H groups in total. The van der Waals surface area contributed by atoms with E-state index in [2.05, 4.69) is 5.32 Å². The van der Waals surface area contributed by atoms with E-state index in [1.165, 1.54) is 7.05 Å². The van der Waals surface area contributed by atoms with E-state index in [0.717, 1.165) is 10.5 Å². The second kappa shape index (κ2) is 8.67. The van der Waals surface area contributed by atoms with Gasteiger partial charge in [0.1, 0.15) is 12.6 Å². The summed E-state index contributed by atoms with van der Waals surface area (Å²) in [5.41, 5.74) is 0.860. The molecule has 1 atom stereocenters. The van der Waals surface area contributed by atoms with Crippen molar-refractivity contribution >= 4 is 12.0 Å². The van der Waals surface area contributed by atoms with Crippen LogP contribution in [0.1, 0.15) is 25.8 Å². The maximum Gasteiger partial charge on any atom is 0.408 e. The zero-order valence-electron chi connectivity index (χ0n) is 13.1. The maximum absolute atomic E-state index is 12.1. The van der Waals surface area contributed by atoms with Crippen LogP contribution in [-0.2, 0) is 16.1 Å². The lowest BCUT2D eigenvalue weighted by Gasteiger charge is -2.21. The van der Waals surface area contributed by atoms with Gasteiger partial charge in [-0.05, 0) is 17.9 Å². The topological polar surface area (TPSA) is 82.4 Å². The third kappa shape index (κ3) is 5.83. The zero-order chi connectivity index (χ0) is 16.5. The Hall–Kier alpha value is -2.55. The van der Waals surface area contributed by atoms with Crippen LogP contribution in [0.5, 0.6) is 0 Å². The molecule has 0 saturated heterocycles. The third-order valence-corrected chi connectivity index (χ3v) is 2.99. The highest BCUT2D eigenvalue weighted by Gasteiger charge is 2.25. The van der Waals surface area contributed by atoms with Crippen LogP contribution in [0.2, 0.25) is 0 Å². The van der Waals surface area contributed by atoms with Gasteiger partial charge >= 0.3 is 6.09 Å². The summed E-state index contributed by atoms with van der Waals surface area (Å²) in [4.78, 5) is 24.8. The van der Waals surface area contributed by atoms with Gasteiger partial charge < -0.3 is 10.1 Å². The number of alkyl carbamates (subject to hydrolysis) is 1. The van der Waals surface area contributed by atoms with Crippen molar-refractivity contribution < 1.29 is 14.3 Å². The molecule has 0 radical (unpaired) electrons. The molecule has 0 unspecified atom stereocenters. The SMILES string of the molecule is CC(C)C[C@H](NC(=O)OCc1ccccc1)C(=O)N(C)C#N. The summed E-state index contributed by atoms with van der Waals surface area (Å²) < 4.78 is 5.10.